The Kier molecular flexibility index (Phi) is 4.63. The minimum atomic E-state index is -0.0659. The summed E-state index contributed by atoms with van der Waals surface area (Å²) in [6, 6.07) is 5.54. The molecular formula is C19H25ClN2O2. The first-order valence-corrected chi connectivity index (χ1v) is 8.59. The zero-order chi connectivity index (χ0) is 16.1. The molecule has 2 aromatic rings. The number of carbonyl (C=O) groups excluding carboxylic acids is 1. The second-order valence-electron chi connectivity index (χ2n) is 7.24. The number of aryl methyl sites for hydroxylation is 3. The highest BCUT2D eigenvalue weighted by Gasteiger charge is 2.34. The lowest BCUT2D eigenvalue weighted by Gasteiger charge is -2.29. The summed E-state index contributed by atoms with van der Waals surface area (Å²) in [5.41, 5.74) is 4.03. The topological polar surface area (TPSA) is 54.3 Å². The first kappa shape index (κ1) is 17.3. The molecule has 24 heavy (non-hydrogen) atoms. The van der Waals surface area contributed by atoms with E-state index in [1.165, 1.54) is 12.8 Å². The van der Waals surface area contributed by atoms with E-state index in [0.29, 0.717) is 17.8 Å². The number of fused-ring (bicyclic) bond motifs is 3. The van der Waals surface area contributed by atoms with Crippen LogP contribution in [-0.2, 0) is 0 Å². The maximum atomic E-state index is 12.7. The van der Waals surface area contributed by atoms with E-state index >= 15 is 0 Å². The SMILES string of the molecule is Cc1ccc(C)c2c(C)c(C(=O)NC3CC4CCC(C3)N4)oc12.Cl. The number of benzene rings is 1. The van der Waals surface area contributed by atoms with Gasteiger partial charge in [-0.2, -0.15) is 0 Å². The molecule has 2 bridgehead atoms. The van der Waals surface area contributed by atoms with Gasteiger partial charge >= 0.3 is 0 Å². The van der Waals surface area contributed by atoms with Crippen LogP contribution in [0.25, 0.3) is 11.0 Å². The van der Waals surface area contributed by atoms with Crippen LogP contribution >= 0.6 is 12.4 Å². The molecule has 130 valence electrons. The van der Waals surface area contributed by atoms with Crippen LogP contribution < -0.4 is 10.6 Å². The summed E-state index contributed by atoms with van der Waals surface area (Å²) < 4.78 is 5.96. The Morgan fingerprint density at radius 1 is 1.12 bits per heavy atom. The van der Waals surface area contributed by atoms with Crippen molar-refractivity contribution >= 4 is 29.3 Å². The molecule has 0 radical (unpaired) electrons. The van der Waals surface area contributed by atoms with Crippen LogP contribution in [0, 0.1) is 20.8 Å². The van der Waals surface area contributed by atoms with Gasteiger partial charge in [-0.3, -0.25) is 4.79 Å². The predicted octanol–water partition coefficient (Wildman–Crippen LogP) is 3.79. The van der Waals surface area contributed by atoms with Gasteiger partial charge in [-0.25, -0.2) is 0 Å². The molecule has 4 nitrogen and oxygen atoms in total. The van der Waals surface area contributed by atoms with Gasteiger partial charge in [-0.1, -0.05) is 12.1 Å². The van der Waals surface area contributed by atoms with Gasteiger partial charge in [0.15, 0.2) is 5.76 Å². The molecule has 2 unspecified atom stereocenters. The smallest absolute Gasteiger partial charge is 0.287 e. The third-order valence-corrected chi connectivity index (χ3v) is 5.50. The summed E-state index contributed by atoms with van der Waals surface area (Å²) in [7, 11) is 0. The maximum absolute atomic E-state index is 12.7. The molecular weight excluding hydrogens is 324 g/mol. The Morgan fingerprint density at radius 3 is 2.38 bits per heavy atom. The largest absolute Gasteiger partial charge is 0.450 e. The number of amides is 1. The molecule has 0 aliphatic carbocycles. The van der Waals surface area contributed by atoms with Gasteiger partial charge in [0.1, 0.15) is 5.58 Å². The van der Waals surface area contributed by atoms with E-state index in [1.54, 1.807) is 0 Å². The third-order valence-electron chi connectivity index (χ3n) is 5.50. The van der Waals surface area contributed by atoms with Crippen molar-refractivity contribution in [3.63, 3.8) is 0 Å². The number of furan rings is 1. The van der Waals surface area contributed by atoms with Gasteiger partial charge in [0.05, 0.1) is 0 Å². The van der Waals surface area contributed by atoms with Crippen LogP contribution in [0.3, 0.4) is 0 Å². The number of hydrogen-bond donors (Lipinski definition) is 2. The van der Waals surface area contributed by atoms with Crippen LogP contribution in [0.1, 0.15) is 52.9 Å². The van der Waals surface area contributed by atoms with E-state index in [1.807, 2.05) is 19.9 Å². The lowest BCUT2D eigenvalue weighted by molar-refractivity contribution is 0.0897. The minimum absolute atomic E-state index is 0. The average molecular weight is 349 g/mol. The van der Waals surface area contributed by atoms with Crippen LogP contribution in [-0.4, -0.2) is 24.0 Å². The number of rotatable bonds is 2. The number of nitrogens with one attached hydrogen (secondary N) is 2. The predicted molar refractivity (Wildman–Crippen MR) is 98.1 cm³/mol. The second-order valence-corrected chi connectivity index (χ2v) is 7.24. The van der Waals surface area contributed by atoms with Crippen LogP contribution in [0.5, 0.6) is 0 Å². The number of piperidine rings is 1. The molecule has 3 heterocycles. The Bertz CT molecular complexity index is 771. The zero-order valence-corrected chi connectivity index (χ0v) is 15.3. The molecule has 2 atom stereocenters. The molecule has 0 spiro atoms. The molecule has 5 heteroatoms. The zero-order valence-electron chi connectivity index (χ0n) is 14.4. The van der Waals surface area contributed by atoms with E-state index in [-0.39, 0.29) is 24.4 Å². The van der Waals surface area contributed by atoms with Crippen molar-refractivity contribution in [1.29, 1.82) is 0 Å². The Morgan fingerprint density at radius 2 is 1.75 bits per heavy atom. The van der Waals surface area contributed by atoms with E-state index < -0.39 is 0 Å². The van der Waals surface area contributed by atoms with E-state index in [0.717, 1.165) is 40.5 Å². The standard InChI is InChI=1S/C19H24N2O2.ClH/c1-10-4-5-11(2)17-16(10)12(3)18(23-17)19(22)21-15-8-13-6-7-14(9-15)20-13;/h4-5,13-15,20H,6-9H2,1-3H3,(H,21,22);1H. The van der Waals surface area contributed by atoms with Crippen molar-refractivity contribution in [3.8, 4) is 0 Å². The first-order valence-electron chi connectivity index (χ1n) is 8.59. The van der Waals surface area contributed by atoms with Crippen LogP contribution in [0.15, 0.2) is 16.5 Å². The summed E-state index contributed by atoms with van der Waals surface area (Å²) in [4.78, 5) is 12.7. The van der Waals surface area contributed by atoms with Gasteiger partial charge in [0, 0.05) is 29.1 Å². The van der Waals surface area contributed by atoms with Crippen molar-refractivity contribution in [2.45, 2.75) is 64.6 Å². The molecule has 4 rings (SSSR count). The maximum Gasteiger partial charge on any atom is 0.287 e. The summed E-state index contributed by atoms with van der Waals surface area (Å²) in [6.45, 7) is 6.08. The molecule has 2 N–H and O–H groups in total. The van der Waals surface area contributed by atoms with Gasteiger partial charge in [-0.15, -0.1) is 12.4 Å². The lowest BCUT2D eigenvalue weighted by Crippen LogP contribution is -2.48. The van der Waals surface area contributed by atoms with Gasteiger partial charge < -0.3 is 15.1 Å². The molecule has 1 amide bonds. The number of halogens is 1. The Balaban J connectivity index is 0.00000169. The summed E-state index contributed by atoms with van der Waals surface area (Å²) >= 11 is 0. The van der Waals surface area contributed by atoms with E-state index in [9.17, 15) is 4.79 Å². The Labute approximate surface area is 148 Å². The summed E-state index contributed by atoms with van der Waals surface area (Å²) in [6.07, 6.45) is 4.53. The highest BCUT2D eigenvalue weighted by molar-refractivity contribution is 6.00. The minimum Gasteiger partial charge on any atom is -0.450 e. The quantitative estimate of drug-likeness (QED) is 0.868. The molecule has 1 aromatic heterocycles. The summed E-state index contributed by atoms with van der Waals surface area (Å²) in [5, 5.41) is 7.89. The molecule has 0 saturated carbocycles. The highest BCUT2D eigenvalue weighted by atomic mass is 35.5. The Hall–Kier alpha value is -1.52. The van der Waals surface area contributed by atoms with Crippen molar-refractivity contribution in [2.75, 3.05) is 0 Å². The van der Waals surface area contributed by atoms with Gasteiger partial charge in [-0.05, 0) is 57.6 Å². The second kappa shape index (κ2) is 6.41. The number of carbonyl (C=O) groups is 1. The van der Waals surface area contributed by atoms with Crippen LogP contribution in [0.4, 0.5) is 0 Å². The van der Waals surface area contributed by atoms with Gasteiger partial charge in [0.2, 0.25) is 0 Å². The van der Waals surface area contributed by atoms with E-state index in [2.05, 4.69) is 23.6 Å². The average Bonchev–Trinajstić information content (AvgIpc) is 3.04. The molecule has 2 saturated heterocycles. The molecule has 2 aliphatic heterocycles. The summed E-state index contributed by atoms with van der Waals surface area (Å²) in [5.74, 6) is 0.409. The fourth-order valence-electron chi connectivity index (χ4n) is 4.32. The third kappa shape index (κ3) is 2.82. The van der Waals surface area contributed by atoms with E-state index in [4.69, 9.17) is 4.42 Å². The highest BCUT2D eigenvalue weighted by Crippen LogP contribution is 2.31. The molecule has 2 aliphatic rings. The first-order chi connectivity index (χ1) is 11.0. The monoisotopic (exact) mass is 348 g/mol. The molecule has 1 aromatic carbocycles. The van der Waals surface area contributed by atoms with Crippen LogP contribution in [0.2, 0.25) is 0 Å². The number of hydrogen-bond acceptors (Lipinski definition) is 3. The fraction of sp³-hybridized carbons (Fsp3) is 0.526. The van der Waals surface area contributed by atoms with Gasteiger partial charge in [0.25, 0.3) is 5.91 Å². The van der Waals surface area contributed by atoms with Crippen molar-refractivity contribution in [1.82, 2.24) is 10.6 Å². The van der Waals surface area contributed by atoms with Crippen molar-refractivity contribution in [3.05, 3.63) is 34.6 Å². The fourth-order valence-corrected chi connectivity index (χ4v) is 4.32. The lowest BCUT2D eigenvalue weighted by atomic mass is 9.99. The normalized spacial score (nSPS) is 25.5. The van der Waals surface area contributed by atoms with Crippen molar-refractivity contribution < 1.29 is 9.21 Å². The molecule has 2 fully saturated rings. The van der Waals surface area contributed by atoms with Crippen molar-refractivity contribution in [2.24, 2.45) is 0 Å².